The summed E-state index contributed by atoms with van der Waals surface area (Å²) in [4.78, 5) is 11.4. The van der Waals surface area contributed by atoms with Crippen molar-refractivity contribution >= 4 is 20.0 Å². The number of hydrogen-bond acceptors (Lipinski definition) is 5. The first-order valence-corrected chi connectivity index (χ1v) is 4.60. The SMILES string of the molecule is O=C1C2OC(O)(O2)C2=CC=POC12. The Bertz CT molecular complexity index is 341. The Kier molecular flexibility index (Phi) is 1.35. The molecule has 6 heteroatoms. The molecule has 4 aliphatic rings. The molecular weight excluding hydrogens is 195 g/mol. The molecule has 4 heterocycles. The summed E-state index contributed by atoms with van der Waals surface area (Å²) in [5.74, 6) is -0.347. The standard InChI is InChI=1S/C7H5O5P/c8-4-5-3(1-2-13-12-5)7(9)10-6(4)11-7/h1-2,5-6,9H. The van der Waals surface area contributed by atoms with E-state index in [9.17, 15) is 9.90 Å². The molecule has 0 amide bonds. The molecule has 0 aromatic carbocycles. The third kappa shape index (κ3) is 0.855. The highest BCUT2D eigenvalue weighted by Gasteiger charge is 2.62. The van der Waals surface area contributed by atoms with Crippen LogP contribution in [0.2, 0.25) is 0 Å². The van der Waals surface area contributed by atoms with Crippen LogP contribution in [0.3, 0.4) is 0 Å². The zero-order valence-corrected chi connectivity index (χ0v) is 7.23. The number of ether oxygens (including phenoxy) is 2. The van der Waals surface area contributed by atoms with Crippen molar-refractivity contribution in [3.8, 4) is 0 Å². The van der Waals surface area contributed by atoms with Crippen molar-refractivity contribution in [2.75, 3.05) is 0 Å². The van der Waals surface area contributed by atoms with Gasteiger partial charge in [-0.05, 0) is 11.9 Å². The van der Waals surface area contributed by atoms with Gasteiger partial charge in [0, 0.05) is 0 Å². The van der Waals surface area contributed by atoms with Gasteiger partial charge in [0.05, 0.1) is 14.0 Å². The van der Waals surface area contributed by atoms with E-state index >= 15 is 0 Å². The van der Waals surface area contributed by atoms with E-state index in [1.54, 1.807) is 11.9 Å². The number of rotatable bonds is 0. The van der Waals surface area contributed by atoms with Gasteiger partial charge in [-0.25, -0.2) is 0 Å². The summed E-state index contributed by atoms with van der Waals surface area (Å²) in [7, 11) is 0.606. The first-order chi connectivity index (χ1) is 6.21. The smallest absolute Gasteiger partial charge is 0.313 e. The largest absolute Gasteiger partial charge is 0.339 e. The minimum absolute atomic E-state index is 0.289. The Labute approximate surface area is 74.8 Å². The van der Waals surface area contributed by atoms with Gasteiger partial charge in [0.1, 0.15) is 0 Å². The zero-order chi connectivity index (χ0) is 9.05. The molecular formula is C7H5O5P. The van der Waals surface area contributed by atoms with E-state index in [0.717, 1.165) is 0 Å². The van der Waals surface area contributed by atoms with Crippen LogP contribution in [-0.2, 0) is 18.8 Å². The summed E-state index contributed by atoms with van der Waals surface area (Å²) in [5, 5.41) is 9.59. The second-order valence-electron chi connectivity index (χ2n) is 2.91. The Hall–Kier alpha value is -0.580. The summed E-state index contributed by atoms with van der Waals surface area (Å²) >= 11 is 0. The van der Waals surface area contributed by atoms with E-state index in [0.29, 0.717) is 14.0 Å². The Morgan fingerprint density at radius 2 is 2.31 bits per heavy atom. The normalized spacial score (nSPS) is 47.8. The van der Waals surface area contributed by atoms with Crippen LogP contribution in [0.25, 0.3) is 0 Å². The Morgan fingerprint density at radius 3 is 3.00 bits per heavy atom. The number of carbonyl (C=O) groups is 1. The molecule has 5 nitrogen and oxygen atoms in total. The lowest BCUT2D eigenvalue weighted by atomic mass is 9.96. The highest BCUT2D eigenvalue weighted by atomic mass is 31.1. The molecule has 13 heavy (non-hydrogen) atoms. The van der Waals surface area contributed by atoms with Crippen LogP contribution in [0.5, 0.6) is 0 Å². The van der Waals surface area contributed by atoms with E-state index < -0.39 is 18.4 Å². The van der Waals surface area contributed by atoms with Crippen LogP contribution in [-0.4, -0.2) is 35.1 Å². The average molecular weight is 200 g/mol. The van der Waals surface area contributed by atoms with Gasteiger partial charge in [-0.1, -0.05) is 0 Å². The predicted molar refractivity (Wildman–Crippen MR) is 41.9 cm³/mol. The van der Waals surface area contributed by atoms with E-state index in [4.69, 9.17) is 14.0 Å². The molecule has 1 atom stereocenters. The molecule has 68 valence electrons. The maximum Gasteiger partial charge on any atom is 0.313 e. The topological polar surface area (TPSA) is 65.0 Å². The van der Waals surface area contributed by atoms with E-state index in [1.807, 2.05) is 0 Å². The van der Waals surface area contributed by atoms with Crippen LogP contribution in [0.1, 0.15) is 0 Å². The zero-order valence-electron chi connectivity index (χ0n) is 6.34. The van der Waals surface area contributed by atoms with Crippen molar-refractivity contribution in [2.24, 2.45) is 0 Å². The van der Waals surface area contributed by atoms with Gasteiger partial charge in [0.2, 0.25) is 12.1 Å². The summed E-state index contributed by atoms with van der Waals surface area (Å²) in [6.07, 6.45) is -0.0622. The molecule has 3 saturated heterocycles. The van der Waals surface area contributed by atoms with Crippen LogP contribution in [0, 0.1) is 0 Å². The average Bonchev–Trinajstić information content (AvgIpc) is 2.10. The summed E-state index contributed by atoms with van der Waals surface area (Å²) in [5.41, 5.74) is 0.332. The van der Waals surface area contributed by atoms with Crippen molar-refractivity contribution < 1.29 is 23.9 Å². The predicted octanol–water partition coefficient (Wildman–Crippen LogP) is -0.423. The van der Waals surface area contributed by atoms with Crippen LogP contribution < -0.4 is 0 Å². The number of aliphatic hydroxyl groups is 1. The number of ketones is 1. The Morgan fingerprint density at radius 1 is 1.54 bits per heavy atom. The highest BCUT2D eigenvalue weighted by Crippen LogP contribution is 2.44. The summed E-state index contributed by atoms with van der Waals surface area (Å²) < 4.78 is 14.9. The monoisotopic (exact) mass is 200 g/mol. The summed E-state index contributed by atoms with van der Waals surface area (Å²) in [6, 6.07) is 0. The quantitative estimate of drug-likeness (QED) is 0.538. The third-order valence-electron chi connectivity index (χ3n) is 2.15. The molecule has 0 aromatic heterocycles. The van der Waals surface area contributed by atoms with Crippen molar-refractivity contribution in [1.29, 1.82) is 0 Å². The maximum absolute atomic E-state index is 11.4. The van der Waals surface area contributed by atoms with Crippen molar-refractivity contribution in [3.63, 3.8) is 0 Å². The Balaban J connectivity index is 2.07. The van der Waals surface area contributed by atoms with Crippen molar-refractivity contribution in [3.05, 3.63) is 11.6 Å². The molecule has 3 fully saturated rings. The van der Waals surface area contributed by atoms with Gasteiger partial charge in [-0.3, -0.25) is 14.3 Å². The molecule has 0 spiro atoms. The van der Waals surface area contributed by atoms with E-state index in [2.05, 4.69) is 0 Å². The van der Waals surface area contributed by atoms with Gasteiger partial charge < -0.3 is 9.63 Å². The lowest BCUT2D eigenvalue weighted by molar-refractivity contribution is -0.507. The van der Waals surface area contributed by atoms with Crippen molar-refractivity contribution in [2.45, 2.75) is 18.4 Å². The van der Waals surface area contributed by atoms with Crippen LogP contribution in [0.15, 0.2) is 11.6 Å². The minimum Gasteiger partial charge on any atom is -0.339 e. The van der Waals surface area contributed by atoms with Gasteiger partial charge in [-0.2, -0.15) is 0 Å². The van der Waals surface area contributed by atoms with Crippen LogP contribution >= 0.6 is 8.43 Å². The molecule has 0 aliphatic carbocycles. The molecule has 4 aliphatic heterocycles. The minimum atomic E-state index is -1.73. The molecule has 0 saturated carbocycles. The van der Waals surface area contributed by atoms with Gasteiger partial charge >= 0.3 is 5.97 Å². The van der Waals surface area contributed by atoms with Gasteiger partial charge in [-0.15, -0.1) is 0 Å². The number of carbonyl (C=O) groups excluding carboxylic acids is 1. The highest BCUT2D eigenvalue weighted by molar-refractivity contribution is 7.33. The number of hydrogen-bond donors (Lipinski definition) is 1. The fourth-order valence-electron chi connectivity index (χ4n) is 1.50. The first-order valence-electron chi connectivity index (χ1n) is 3.72. The first kappa shape index (κ1) is 7.79. The fraction of sp³-hybridized carbons (Fsp3) is 0.429. The second kappa shape index (κ2) is 2.26. The molecule has 1 unspecified atom stereocenters. The van der Waals surface area contributed by atoms with Crippen molar-refractivity contribution in [1.82, 2.24) is 0 Å². The van der Waals surface area contributed by atoms with Crippen LogP contribution in [0.4, 0.5) is 0 Å². The third-order valence-corrected chi connectivity index (χ3v) is 2.76. The lowest BCUT2D eigenvalue weighted by Crippen LogP contribution is -2.67. The molecule has 0 aromatic rings. The maximum atomic E-state index is 11.4. The van der Waals surface area contributed by atoms with E-state index in [-0.39, 0.29) is 5.78 Å². The van der Waals surface area contributed by atoms with E-state index in [1.165, 1.54) is 0 Å². The second-order valence-corrected chi connectivity index (χ2v) is 3.63. The molecule has 4 rings (SSSR count). The summed E-state index contributed by atoms with van der Waals surface area (Å²) in [6.45, 7) is 0. The molecule has 0 radical (unpaired) electrons. The van der Waals surface area contributed by atoms with Gasteiger partial charge in [0.25, 0.3) is 0 Å². The lowest BCUT2D eigenvalue weighted by Gasteiger charge is -2.50. The number of Topliss-reactive ketones (excluding diaryl/α,β-unsaturated/α-hetero) is 1. The molecule has 1 N–H and O–H groups in total. The van der Waals surface area contributed by atoms with Gasteiger partial charge in [0.15, 0.2) is 6.10 Å². The fourth-order valence-corrected chi connectivity index (χ4v) is 2.13. The molecule has 2 bridgehead atoms. The number of allylic oxidation sites excluding steroid dienone is 1.